The molecule has 0 saturated carbocycles. The molecule has 1 atom stereocenters. The van der Waals surface area contributed by atoms with Gasteiger partial charge in [-0.1, -0.05) is 61.8 Å². The Labute approximate surface area is 183 Å². The number of aromatic nitrogens is 1. The van der Waals surface area contributed by atoms with Gasteiger partial charge in [0.05, 0.1) is 10.7 Å². The second kappa shape index (κ2) is 8.27. The maximum Gasteiger partial charge on any atom is 0.269 e. The standard InChI is InChI=1S/C23H21ClN2OS2/c1-4-14(3)15-6-8-16(9-7-15)18-12-28-23(25-18)26-22(27)21-20(24)17-10-5-13(2)11-19(17)29-21/h5-12,14H,4H2,1-3H3,(H,25,26,27). The molecule has 0 fully saturated rings. The van der Waals surface area contributed by atoms with Crippen molar-refractivity contribution in [3.05, 3.63) is 68.9 Å². The number of aryl methyl sites for hydroxylation is 1. The summed E-state index contributed by atoms with van der Waals surface area (Å²) in [4.78, 5) is 17.9. The second-order valence-corrected chi connectivity index (χ2v) is 9.46. The number of halogens is 1. The number of carbonyl (C=O) groups is 1. The third kappa shape index (κ3) is 4.08. The van der Waals surface area contributed by atoms with Gasteiger partial charge in [0.15, 0.2) is 5.13 Å². The van der Waals surface area contributed by atoms with E-state index in [1.165, 1.54) is 28.2 Å². The molecule has 0 aliphatic heterocycles. The van der Waals surface area contributed by atoms with Crippen LogP contribution in [0.25, 0.3) is 21.3 Å². The third-order valence-corrected chi connectivity index (χ3v) is 7.52. The highest BCUT2D eigenvalue weighted by Crippen LogP contribution is 2.36. The molecule has 4 rings (SSSR count). The molecule has 1 N–H and O–H groups in total. The molecule has 0 aliphatic rings. The number of nitrogens with zero attached hydrogens (tertiary/aromatic N) is 1. The predicted molar refractivity (Wildman–Crippen MR) is 126 cm³/mol. The maximum absolute atomic E-state index is 12.8. The fourth-order valence-corrected chi connectivity index (χ4v) is 5.38. The Bertz CT molecular complexity index is 1180. The van der Waals surface area contributed by atoms with Crippen molar-refractivity contribution in [2.75, 3.05) is 5.32 Å². The van der Waals surface area contributed by atoms with Gasteiger partial charge in [-0.05, 0) is 36.5 Å². The molecule has 6 heteroatoms. The normalized spacial score (nSPS) is 12.3. The number of hydrogen-bond acceptors (Lipinski definition) is 4. The topological polar surface area (TPSA) is 42.0 Å². The highest BCUT2D eigenvalue weighted by molar-refractivity contribution is 7.22. The Morgan fingerprint density at radius 2 is 1.97 bits per heavy atom. The first-order valence-electron chi connectivity index (χ1n) is 9.52. The molecule has 0 spiro atoms. The van der Waals surface area contributed by atoms with Gasteiger partial charge in [0.2, 0.25) is 0 Å². The molecule has 0 bridgehead atoms. The van der Waals surface area contributed by atoms with E-state index in [1.54, 1.807) is 0 Å². The lowest BCUT2D eigenvalue weighted by Gasteiger charge is -2.08. The lowest BCUT2D eigenvalue weighted by Crippen LogP contribution is -2.10. The van der Waals surface area contributed by atoms with Crippen molar-refractivity contribution in [1.29, 1.82) is 0 Å². The Morgan fingerprint density at radius 1 is 1.21 bits per heavy atom. The summed E-state index contributed by atoms with van der Waals surface area (Å²) >= 11 is 9.28. The van der Waals surface area contributed by atoms with Crippen LogP contribution >= 0.6 is 34.3 Å². The van der Waals surface area contributed by atoms with Crippen LogP contribution in [0, 0.1) is 6.92 Å². The van der Waals surface area contributed by atoms with Crippen molar-refractivity contribution in [3.63, 3.8) is 0 Å². The van der Waals surface area contributed by atoms with E-state index in [-0.39, 0.29) is 5.91 Å². The van der Waals surface area contributed by atoms with Crippen LogP contribution in [0.3, 0.4) is 0 Å². The Balaban J connectivity index is 1.53. The molecule has 0 aliphatic carbocycles. The molecule has 2 aromatic carbocycles. The molecule has 1 amide bonds. The molecule has 148 valence electrons. The Morgan fingerprint density at radius 3 is 2.69 bits per heavy atom. The van der Waals surface area contributed by atoms with Gasteiger partial charge in [0.1, 0.15) is 4.88 Å². The number of amides is 1. The lowest BCUT2D eigenvalue weighted by atomic mass is 9.97. The number of carbonyl (C=O) groups excluding carboxylic acids is 1. The van der Waals surface area contributed by atoms with Crippen LogP contribution < -0.4 is 5.32 Å². The number of benzene rings is 2. The van der Waals surface area contributed by atoms with E-state index in [1.807, 2.05) is 30.5 Å². The van der Waals surface area contributed by atoms with Crippen molar-refractivity contribution >= 4 is 55.4 Å². The van der Waals surface area contributed by atoms with Gasteiger partial charge < -0.3 is 0 Å². The van der Waals surface area contributed by atoms with Crippen LogP contribution in [0.5, 0.6) is 0 Å². The number of fused-ring (bicyclic) bond motifs is 1. The van der Waals surface area contributed by atoms with Gasteiger partial charge in [-0.25, -0.2) is 4.98 Å². The molecule has 0 radical (unpaired) electrons. The van der Waals surface area contributed by atoms with E-state index in [4.69, 9.17) is 11.6 Å². The van der Waals surface area contributed by atoms with Crippen LogP contribution in [-0.4, -0.2) is 10.9 Å². The monoisotopic (exact) mass is 440 g/mol. The van der Waals surface area contributed by atoms with Gasteiger partial charge in [-0.2, -0.15) is 0 Å². The molecule has 1 unspecified atom stereocenters. The highest BCUT2D eigenvalue weighted by atomic mass is 35.5. The first-order valence-corrected chi connectivity index (χ1v) is 11.6. The number of thiophene rings is 1. The number of rotatable bonds is 5. The van der Waals surface area contributed by atoms with E-state index < -0.39 is 0 Å². The van der Waals surface area contributed by atoms with Crippen molar-refractivity contribution in [3.8, 4) is 11.3 Å². The van der Waals surface area contributed by atoms with E-state index >= 15 is 0 Å². The van der Waals surface area contributed by atoms with Crippen LogP contribution in [0.1, 0.15) is 47.0 Å². The summed E-state index contributed by atoms with van der Waals surface area (Å²) in [7, 11) is 0. The van der Waals surface area contributed by atoms with Crippen molar-refractivity contribution in [2.24, 2.45) is 0 Å². The summed E-state index contributed by atoms with van der Waals surface area (Å²) in [6, 6.07) is 14.5. The summed E-state index contributed by atoms with van der Waals surface area (Å²) in [5.74, 6) is 0.325. The zero-order valence-corrected chi connectivity index (χ0v) is 18.8. The third-order valence-electron chi connectivity index (χ3n) is 5.10. The van der Waals surface area contributed by atoms with E-state index in [0.717, 1.165) is 33.3 Å². The number of thiazole rings is 1. The van der Waals surface area contributed by atoms with Crippen molar-refractivity contribution in [2.45, 2.75) is 33.1 Å². The molecule has 0 saturated heterocycles. The van der Waals surface area contributed by atoms with Crippen LogP contribution in [0.2, 0.25) is 5.02 Å². The minimum atomic E-state index is -0.220. The minimum Gasteiger partial charge on any atom is -0.297 e. The van der Waals surface area contributed by atoms with Crippen molar-refractivity contribution in [1.82, 2.24) is 4.98 Å². The molecular formula is C23H21ClN2OS2. The van der Waals surface area contributed by atoms with Gasteiger partial charge >= 0.3 is 0 Å². The summed E-state index contributed by atoms with van der Waals surface area (Å²) in [5, 5.41) is 6.84. The quantitative estimate of drug-likeness (QED) is 0.344. The molecular weight excluding hydrogens is 420 g/mol. The lowest BCUT2D eigenvalue weighted by molar-refractivity contribution is 0.103. The molecule has 2 heterocycles. The fourth-order valence-electron chi connectivity index (χ4n) is 3.15. The van der Waals surface area contributed by atoms with Gasteiger partial charge in [0.25, 0.3) is 5.91 Å². The fraction of sp³-hybridized carbons (Fsp3) is 0.217. The van der Waals surface area contributed by atoms with E-state index in [9.17, 15) is 4.79 Å². The second-order valence-electron chi connectivity index (χ2n) is 7.17. The molecule has 29 heavy (non-hydrogen) atoms. The molecule has 3 nitrogen and oxygen atoms in total. The highest BCUT2D eigenvalue weighted by Gasteiger charge is 2.18. The number of anilines is 1. The largest absolute Gasteiger partial charge is 0.297 e. The first kappa shape index (κ1) is 20.1. The van der Waals surface area contributed by atoms with Crippen molar-refractivity contribution < 1.29 is 4.79 Å². The van der Waals surface area contributed by atoms with Gasteiger partial charge in [-0.3, -0.25) is 10.1 Å². The molecule has 2 aromatic heterocycles. The van der Waals surface area contributed by atoms with Crippen LogP contribution in [-0.2, 0) is 0 Å². The smallest absolute Gasteiger partial charge is 0.269 e. The van der Waals surface area contributed by atoms with Crippen LogP contribution in [0.4, 0.5) is 5.13 Å². The average molecular weight is 441 g/mol. The first-order chi connectivity index (χ1) is 14.0. The zero-order chi connectivity index (χ0) is 20.5. The summed E-state index contributed by atoms with van der Waals surface area (Å²) < 4.78 is 1.02. The van der Waals surface area contributed by atoms with Gasteiger partial charge in [0, 0.05) is 21.0 Å². The summed E-state index contributed by atoms with van der Waals surface area (Å²) in [5.41, 5.74) is 4.38. The maximum atomic E-state index is 12.8. The summed E-state index contributed by atoms with van der Waals surface area (Å²) in [6.45, 7) is 6.45. The van der Waals surface area contributed by atoms with E-state index in [0.29, 0.717) is 20.9 Å². The predicted octanol–water partition coefficient (Wildman–Crippen LogP) is 7.75. The van der Waals surface area contributed by atoms with Gasteiger partial charge in [-0.15, -0.1) is 22.7 Å². The summed E-state index contributed by atoms with van der Waals surface area (Å²) in [6.07, 6.45) is 1.12. The minimum absolute atomic E-state index is 0.220. The zero-order valence-electron chi connectivity index (χ0n) is 16.5. The number of hydrogen-bond donors (Lipinski definition) is 1. The molecule has 4 aromatic rings. The van der Waals surface area contributed by atoms with Crippen LogP contribution in [0.15, 0.2) is 47.8 Å². The number of nitrogens with one attached hydrogen (secondary N) is 1. The Kier molecular flexibility index (Phi) is 5.72. The Hall–Kier alpha value is -2.21. The SMILES string of the molecule is CCC(C)c1ccc(-c2csc(NC(=O)c3sc4cc(C)ccc4c3Cl)n2)cc1. The van der Waals surface area contributed by atoms with E-state index in [2.05, 4.69) is 48.4 Å². The average Bonchev–Trinajstić information content (AvgIpc) is 3.32.